The first-order valence-electron chi connectivity index (χ1n) is 7.36. The summed E-state index contributed by atoms with van der Waals surface area (Å²) < 4.78 is 10.4. The van der Waals surface area contributed by atoms with Gasteiger partial charge >= 0.3 is 0 Å². The van der Waals surface area contributed by atoms with E-state index in [4.69, 9.17) is 9.47 Å². The van der Waals surface area contributed by atoms with E-state index in [2.05, 4.69) is 17.4 Å². The van der Waals surface area contributed by atoms with E-state index in [9.17, 15) is 14.9 Å². The van der Waals surface area contributed by atoms with Gasteiger partial charge in [-0.2, -0.15) is 0 Å². The van der Waals surface area contributed by atoms with Crippen LogP contribution < -0.4 is 20.3 Å². The van der Waals surface area contributed by atoms with E-state index >= 15 is 0 Å². The van der Waals surface area contributed by atoms with E-state index in [1.54, 1.807) is 37.3 Å². The van der Waals surface area contributed by atoms with E-state index in [1.165, 1.54) is 6.07 Å². The molecule has 1 amide bonds. The molecule has 0 aromatic heterocycles. The van der Waals surface area contributed by atoms with Crippen LogP contribution in [0, 0.1) is 17.0 Å². The van der Waals surface area contributed by atoms with E-state index in [0.29, 0.717) is 33.9 Å². The summed E-state index contributed by atoms with van der Waals surface area (Å²) in [5, 5.41) is 11.0. The van der Waals surface area contributed by atoms with Gasteiger partial charge in [-0.05, 0) is 25.1 Å². The first kappa shape index (κ1) is 16.3. The Labute approximate surface area is 143 Å². The maximum absolute atomic E-state index is 12.2. The number of carbonyl (C=O) groups is 1. The second-order valence-electron chi connectivity index (χ2n) is 5.38. The molecule has 0 spiro atoms. The molecular weight excluding hydrogens is 326 g/mol. The van der Waals surface area contributed by atoms with Gasteiger partial charge < -0.3 is 9.47 Å². The van der Waals surface area contributed by atoms with Gasteiger partial charge in [0.2, 0.25) is 6.79 Å². The number of aryl methyl sites for hydroxylation is 1. The number of hydrazine groups is 1. The number of carbonyl (C=O) groups excluding carboxylic acids is 1. The van der Waals surface area contributed by atoms with Crippen LogP contribution in [0.2, 0.25) is 0 Å². The first-order chi connectivity index (χ1) is 12.0. The van der Waals surface area contributed by atoms with Crippen LogP contribution in [0.15, 0.2) is 43.0 Å². The molecular formula is C17H15N3O5. The molecule has 0 saturated carbocycles. The molecule has 1 aliphatic rings. The minimum atomic E-state index is -0.461. The summed E-state index contributed by atoms with van der Waals surface area (Å²) in [7, 11) is 0. The molecule has 128 valence electrons. The number of rotatable bonds is 5. The molecule has 2 N–H and O–H groups in total. The summed E-state index contributed by atoms with van der Waals surface area (Å²) in [5.74, 6) is 0.683. The van der Waals surface area contributed by atoms with Crippen molar-refractivity contribution in [3.63, 3.8) is 0 Å². The third kappa shape index (κ3) is 3.37. The second kappa shape index (κ2) is 6.52. The molecule has 2 aromatic rings. The average molecular weight is 341 g/mol. The van der Waals surface area contributed by atoms with Crippen LogP contribution >= 0.6 is 0 Å². The first-order valence-corrected chi connectivity index (χ1v) is 7.36. The van der Waals surface area contributed by atoms with Crippen LogP contribution in [-0.4, -0.2) is 17.6 Å². The molecule has 0 radical (unpaired) electrons. The SMILES string of the molecule is C=C(NNC(=O)c1ccc2c(c1)OCO2)c1ccc(C)c([N+](=O)[O-])c1. The van der Waals surface area contributed by atoms with E-state index in [-0.39, 0.29) is 12.5 Å². The average Bonchev–Trinajstić information content (AvgIpc) is 3.07. The normalized spacial score (nSPS) is 11.7. The number of hydrogen-bond donors (Lipinski definition) is 2. The molecule has 0 fully saturated rings. The van der Waals surface area contributed by atoms with Crippen molar-refractivity contribution < 1.29 is 19.2 Å². The van der Waals surface area contributed by atoms with Crippen molar-refractivity contribution in [1.82, 2.24) is 10.9 Å². The minimum absolute atomic E-state index is 0.0115. The summed E-state index contributed by atoms with van der Waals surface area (Å²) >= 11 is 0. The Morgan fingerprint density at radius 3 is 2.60 bits per heavy atom. The summed E-state index contributed by atoms with van der Waals surface area (Å²) in [6, 6.07) is 9.53. The Morgan fingerprint density at radius 2 is 1.84 bits per heavy atom. The van der Waals surface area contributed by atoms with Gasteiger partial charge in [0, 0.05) is 22.8 Å². The van der Waals surface area contributed by atoms with Crippen molar-refractivity contribution in [1.29, 1.82) is 0 Å². The number of nitro benzene ring substituents is 1. The maximum Gasteiger partial charge on any atom is 0.272 e. The molecule has 0 unspecified atom stereocenters. The highest BCUT2D eigenvalue weighted by Crippen LogP contribution is 2.32. The van der Waals surface area contributed by atoms with Crippen molar-refractivity contribution in [2.45, 2.75) is 6.92 Å². The molecule has 1 heterocycles. The van der Waals surface area contributed by atoms with Crippen LogP contribution in [0.25, 0.3) is 5.70 Å². The van der Waals surface area contributed by atoms with E-state index < -0.39 is 10.8 Å². The number of nitrogens with zero attached hydrogens (tertiary/aromatic N) is 1. The van der Waals surface area contributed by atoms with Crippen molar-refractivity contribution in [3.8, 4) is 11.5 Å². The molecule has 2 aromatic carbocycles. The highest BCUT2D eigenvalue weighted by atomic mass is 16.7. The highest BCUT2D eigenvalue weighted by Gasteiger charge is 2.17. The summed E-state index contributed by atoms with van der Waals surface area (Å²) in [6.45, 7) is 5.56. The summed E-state index contributed by atoms with van der Waals surface area (Å²) in [4.78, 5) is 22.7. The molecule has 0 aliphatic carbocycles. The minimum Gasteiger partial charge on any atom is -0.454 e. The zero-order valence-corrected chi connectivity index (χ0v) is 13.4. The van der Waals surface area contributed by atoms with Crippen LogP contribution in [0.4, 0.5) is 5.69 Å². The van der Waals surface area contributed by atoms with Crippen molar-refractivity contribution in [2.24, 2.45) is 0 Å². The Hall–Kier alpha value is -3.55. The lowest BCUT2D eigenvalue weighted by Gasteiger charge is -2.12. The fourth-order valence-corrected chi connectivity index (χ4v) is 2.31. The van der Waals surface area contributed by atoms with E-state index in [0.717, 1.165) is 0 Å². The molecule has 0 atom stereocenters. The lowest BCUT2D eigenvalue weighted by molar-refractivity contribution is -0.385. The Morgan fingerprint density at radius 1 is 1.12 bits per heavy atom. The van der Waals surface area contributed by atoms with Gasteiger partial charge in [0.1, 0.15) is 0 Å². The van der Waals surface area contributed by atoms with Gasteiger partial charge in [0.05, 0.1) is 10.6 Å². The number of hydrogen-bond acceptors (Lipinski definition) is 6. The predicted octanol–water partition coefficient (Wildman–Crippen LogP) is 2.54. The van der Waals surface area contributed by atoms with E-state index in [1.807, 2.05) is 0 Å². The summed E-state index contributed by atoms with van der Waals surface area (Å²) in [5.41, 5.74) is 6.90. The monoisotopic (exact) mass is 341 g/mol. The Kier molecular flexibility index (Phi) is 4.25. The lowest BCUT2D eigenvalue weighted by Crippen LogP contribution is -2.35. The number of benzene rings is 2. The number of nitrogens with one attached hydrogen (secondary N) is 2. The number of nitro groups is 1. The van der Waals surface area contributed by atoms with Gasteiger partial charge in [0.15, 0.2) is 11.5 Å². The van der Waals surface area contributed by atoms with Crippen LogP contribution in [0.1, 0.15) is 21.5 Å². The van der Waals surface area contributed by atoms with Gasteiger partial charge in [0.25, 0.3) is 11.6 Å². The lowest BCUT2D eigenvalue weighted by atomic mass is 10.1. The van der Waals surface area contributed by atoms with Crippen molar-refractivity contribution in [2.75, 3.05) is 6.79 Å². The number of amides is 1. The molecule has 8 nitrogen and oxygen atoms in total. The third-order valence-corrected chi connectivity index (χ3v) is 3.72. The number of fused-ring (bicyclic) bond motifs is 1. The Bertz CT molecular complexity index is 879. The van der Waals surface area contributed by atoms with Crippen LogP contribution in [-0.2, 0) is 0 Å². The second-order valence-corrected chi connectivity index (χ2v) is 5.38. The molecule has 0 bridgehead atoms. The smallest absolute Gasteiger partial charge is 0.272 e. The van der Waals surface area contributed by atoms with Gasteiger partial charge in [-0.3, -0.25) is 25.8 Å². The highest BCUT2D eigenvalue weighted by molar-refractivity contribution is 5.95. The standard InChI is InChI=1S/C17H15N3O5/c1-10-3-4-12(7-14(10)20(22)23)11(2)18-19-17(21)13-5-6-15-16(8-13)25-9-24-15/h3-8,18H,2,9H2,1H3,(H,19,21). The molecule has 0 saturated heterocycles. The zero-order valence-electron chi connectivity index (χ0n) is 13.4. The zero-order chi connectivity index (χ0) is 18.0. The molecule has 25 heavy (non-hydrogen) atoms. The van der Waals surface area contributed by atoms with Crippen LogP contribution in [0.5, 0.6) is 11.5 Å². The molecule has 3 rings (SSSR count). The fraction of sp³-hybridized carbons (Fsp3) is 0.118. The third-order valence-electron chi connectivity index (χ3n) is 3.72. The fourth-order valence-electron chi connectivity index (χ4n) is 2.31. The van der Waals surface area contributed by atoms with Gasteiger partial charge in [-0.25, -0.2) is 0 Å². The van der Waals surface area contributed by atoms with Gasteiger partial charge in [-0.1, -0.05) is 18.7 Å². The largest absolute Gasteiger partial charge is 0.454 e. The van der Waals surface area contributed by atoms with Crippen molar-refractivity contribution >= 4 is 17.3 Å². The summed E-state index contributed by atoms with van der Waals surface area (Å²) in [6.07, 6.45) is 0. The molecule has 8 heteroatoms. The maximum atomic E-state index is 12.2. The van der Waals surface area contributed by atoms with Gasteiger partial charge in [-0.15, -0.1) is 0 Å². The van der Waals surface area contributed by atoms with Crippen LogP contribution in [0.3, 0.4) is 0 Å². The quantitative estimate of drug-likeness (QED) is 0.640. The molecule has 1 aliphatic heterocycles. The predicted molar refractivity (Wildman–Crippen MR) is 90.0 cm³/mol. The Balaban J connectivity index is 1.67. The number of ether oxygens (including phenoxy) is 2. The van der Waals surface area contributed by atoms with Crippen molar-refractivity contribution in [3.05, 3.63) is 69.8 Å². The topological polar surface area (TPSA) is 103 Å².